The molecule has 1 heterocycles. The summed E-state index contributed by atoms with van der Waals surface area (Å²) >= 11 is 0. The summed E-state index contributed by atoms with van der Waals surface area (Å²) in [5.41, 5.74) is 2.94. The fourth-order valence-electron chi connectivity index (χ4n) is 2.88. The van der Waals surface area contributed by atoms with Gasteiger partial charge in [-0.1, -0.05) is 29.4 Å². The molecule has 0 atom stereocenters. The summed E-state index contributed by atoms with van der Waals surface area (Å²) in [6.45, 7) is 1.78. The van der Waals surface area contributed by atoms with E-state index in [4.69, 9.17) is 9.26 Å². The molecule has 0 aliphatic carbocycles. The molecule has 0 unspecified atom stereocenters. The molecule has 0 aliphatic rings. The Morgan fingerprint density at radius 2 is 1.87 bits per heavy atom. The summed E-state index contributed by atoms with van der Waals surface area (Å²) in [6, 6.07) is 20.4. The second-order valence-corrected chi connectivity index (χ2v) is 6.63. The van der Waals surface area contributed by atoms with E-state index in [0.29, 0.717) is 28.4 Å². The minimum atomic E-state index is -0.346. The van der Waals surface area contributed by atoms with Crippen molar-refractivity contribution in [3.8, 4) is 28.6 Å². The monoisotopic (exact) mass is 403 g/mol. The van der Waals surface area contributed by atoms with Crippen molar-refractivity contribution in [1.82, 2.24) is 10.1 Å². The topological polar surface area (TPSA) is 77.2 Å². The maximum atomic E-state index is 13.1. The third-order valence-corrected chi connectivity index (χ3v) is 4.31. The number of benzene rings is 3. The fraction of sp³-hybridized carbons (Fsp3) is 0.0870. The predicted molar refractivity (Wildman–Crippen MR) is 110 cm³/mol. The van der Waals surface area contributed by atoms with E-state index >= 15 is 0 Å². The highest BCUT2D eigenvalue weighted by Crippen LogP contribution is 2.29. The predicted octanol–water partition coefficient (Wildman–Crippen LogP) is 4.87. The number of aryl methyl sites for hydroxylation is 1. The molecule has 1 N–H and O–H groups in total. The minimum Gasteiger partial charge on any atom is -0.483 e. The zero-order valence-corrected chi connectivity index (χ0v) is 16.1. The van der Waals surface area contributed by atoms with Crippen LogP contribution in [0.3, 0.4) is 0 Å². The Bertz CT molecular complexity index is 1170. The number of hydrogen-bond donors (Lipinski definition) is 1. The van der Waals surface area contributed by atoms with Crippen LogP contribution in [-0.2, 0) is 4.79 Å². The smallest absolute Gasteiger partial charge is 0.262 e. The molecule has 0 spiro atoms. The molecular formula is C23H18FN3O3. The second kappa shape index (κ2) is 8.57. The molecule has 4 rings (SSSR count). The van der Waals surface area contributed by atoms with Gasteiger partial charge < -0.3 is 14.6 Å². The normalized spacial score (nSPS) is 10.6. The molecule has 0 radical (unpaired) electrons. The van der Waals surface area contributed by atoms with Gasteiger partial charge in [-0.3, -0.25) is 4.79 Å². The lowest BCUT2D eigenvalue weighted by Crippen LogP contribution is -2.20. The number of para-hydroxylation sites is 1. The number of nitrogens with zero attached hydrogens (tertiary/aromatic N) is 2. The van der Waals surface area contributed by atoms with Gasteiger partial charge in [0, 0.05) is 11.3 Å². The maximum Gasteiger partial charge on any atom is 0.262 e. The van der Waals surface area contributed by atoms with Crippen molar-refractivity contribution < 1.29 is 18.4 Å². The van der Waals surface area contributed by atoms with Crippen LogP contribution >= 0.6 is 0 Å². The van der Waals surface area contributed by atoms with E-state index in [1.54, 1.807) is 30.3 Å². The first-order chi connectivity index (χ1) is 14.6. The number of hydrogen-bond acceptors (Lipinski definition) is 5. The number of anilines is 1. The third-order valence-electron chi connectivity index (χ3n) is 4.31. The first kappa shape index (κ1) is 19.3. The van der Waals surface area contributed by atoms with Gasteiger partial charge in [0.15, 0.2) is 6.61 Å². The lowest BCUT2D eigenvalue weighted by Gasteiger charge is -2.10. The lowest BCUT2D eigenvalue weighted by atomic mass is 10.2. The maximum absolute atomic E-state index is 13.1. The van der Waals surface area contributed by atoms with Gasteiger partial charge in [0.05, 0.1) is 5.56 Å². The summed E-state index contributed by atoms with van der Waals surface area (Å²) in [4.78, 5) is 16.6. The quantitative estimate of drug-likeness (QED) is 0.497. The van der Waals surface area contributed by atoms with Crippen molar-refractivity contribution in [2.45, 2.75) is 6.92 Å². The Hall–Kier alpha value is -4.00. The standard InChI is InChI=1S/C23H18FN3O3/c1-15-5-4-6-18(13-15)25-21(28)14-29-20-8-3-2-7-19(20)22-26-23(30-27-22)16-9-11-17(24)12-10-16/h2-13H,14H2,1H3,(H,25,28). The minimum absolute atomic E-state index is 0.173. The first-order valence-corrected chi connectivity index (χ1v) is 9.27. The van der Waals surface area contributed by atoms with Crippen LogP contribution in [0.25, 0.3) is 22.8 Å². The van der Waals surface area contributed by atoms with E-state index in [2.05, 4.69) is 15.5 Å². The molecule has 1 amide bonds. The zero-order valence-electron chi connectivity index (χ0n) is 16.1. The zero-order chi connectivity index (χ0) is 20.9. The number of amides is 1. The number of aromatic nitrogens is 2. The van der Waals surface area contributed by atoms with E-state index in [1.807, 2.05) is 37.3 Å². The SMILES string of the molecule is Cc1cccc(NC(=O)COc2ccccc2-c2noc(-c3ccc(F)cc3)n2)c1. The summed E-state index contributed by atoms with van der Waals surface area (Å²) in [5, 5.41) is 6.79. The van der Waals surface area contributed by atoms with Crippen molar-refractivity contribution >= 4 is 11.6 Å². The molecule has 0 bridgehead atoms. The molecule has 6 nitrogen and oxygen atoms in total. The summed E-state index contributed by atoms with van der Waals surface area (Å²) in [7, 11) is 0. The van der Waals surface area contributed by atoms with Crippen molar-refractivity contribution in [1.29, 1.82) is 0 Å². The Kier molecular flexibility index (Phi) is 5.52. The van der Waals surface area contributed by atoms with Gasteiger partial charge in [-0.2, -0.15) is 4.98 Å². The van der Waals surface area contributed by atoms with Crippen LogP contribution in [0, 0.1) is 12.7 Å². The van der Waals surface area contributed by atoms with Crippen LogP contribution in [0.1, 0.15) is 5.56 Å². The first-order valence-electron chi connectivity index (χ1n) is 9.27. The molecule has 0 aliphatic heterocycles. The number of nitrogens with one attached hydrogen (secondary N) is 1. The molecule has 150 valence electrons. The summed E-state index contributed by atoms with van der Waals surface area (Å²) in [5.74, 6) is 0.390. The highest BCUT2D eigenvalue weighted by molar-refractivity contribution is 5.92. The molecule has 0 fully saturated rings. The number of ether oxygens (including phenoxy) is 1. The fourth-order valence-corrected chi connectivity index (χ4v) is 2.88. The highest BCUT2D eigenvalue weighted by atomic mass is 19.1. The van der Waals surface area contributed by atoms with Gasteiger partial charge in [0.1, 0.15) is 11.6 Å². The third kappa shape index (κ3) is 4.52. The van der Waals surface area contributed by atoms with Crippen molar-refractivity contribution in [3.05, 3.63) is 84.2 Å². The number of halogens is 1. The number of rotatable bonds is 6. The molecule has 0 saturated carbocycles. The van der Waals surface area contributed by atoms with Gasteiger partial charge in [-0.05, 0) is 61.0 Å². The van der Waals surface area contributed by atoms with Gasteiger partial charge in [-0.25, -0.2) is 4.39 Å². The van der Waals surface area contributed by atoms with Crippen molar-refractivity contribution in [2.75, 3.05) is 11.9 Å². The number of carbonyl (C=O) groups excluding carboxylic acids is 1. The van der Waals surface area contributed by atoms with E-state index < -0.39 is 0 Å². The van der Waals surface area contributed by atoms with Gasteiger partial charge in [0.25, 0.3) is 11.8 Å². The van der Waals surface area contributed by atoms with Crippen LogP contribution < -0.4 is 10.1 Å². The Morgan fingerprint density at radius 3 is 2.67 bits per heavy atom. The van der Waals surface area contributed by atoms with Gasteiger partial charge >= 0.3 is 0 Å². The van der Waals surface area contributed by atoms with E-state index in [1.165, 1.54) is 12.1 Å². The van der Waals surface area contributed by atoms with Crippen molar-refractivity contribution in [2.24, 2.45) is 0 Å². The second-order valence-electron chi connectivity index (χ2n) is 6.63. The molecule has 4 aromatic rings. The van der Waals surface area contributed by atoms with Crippen LogP contribution in [0.15, 0.2) is 77.3 Å². The van der Waals surface area contributed by atoms with Crippen LogP contribution in [0.4, 0.5) is 10.1 Å². The average Bonchev–Trinajstić information content (AvgIpc) is 3.23. The van der Waals surface area contributed by atoms with E-state index in [-0.39, 0.29) is 24.2 Å². The van der Waals surface area contributed by atoms with E-state index in [9.17, 15) is 9.18 Å². The average molecular weight is 403 g/mol. The summed E-state index contributed by atoms with van der Waals surface area (Å²) in [6.07, 6.45) is 0. The summed E-state index contributed by atoms with van der Waals surface area (Å²) < 4.78 is 24.1. The molecule has 3 aromatic carbocycles. The van der Waals surface area contributed by atoms with E-state index in [0.717, 1.165) is 5.56 Å². The van der Waals surface area contributed by atoms with Crippen LogP contribution in [0.5, 0.6) is 5.75 Å². The van der Waals surface area contributed by atoms with Crippen LogP contribution in [0.2, 0.25) is 0 Å². The van der Waals surface area contributed by atoms with Crippen LogP contribution in [-0.4, -0.2) is 22.7 Å². The largest absolute Gasteiger partial charge is 0.483 e. The Morgan fingerprint density at radius 1 is 1.07 bits per heavy atom. The molecule has 1 aromatic heterocycles. The highest BCUT2D eigenvalue weighted by Gasteiger charge is 2.15. The number of carbonyl (C=O) groups is 1. The molecule has 30 heavy (non-hydrogen) atoms. The molecule has 0 saturated heterocycles. The molecule has 7 heteroatoms. The van der Waals surface area contributed by atoms with Gasteiger partial charge in [0.2, 0.25) is 5.82 Å². The lowest BCUT2D eigenvalue weighted by molar-refractivity contribution is -0.118. The Labute approximate surface area is 172 Å². The Balaban J connectivity index is 1.48. The van der Waals surface area contributed by atoms with Gasteiger partial charge in [-0.15, -0.1) is 0 Å². The van der Waals surface area contributed by atoms with Crippen molar-refractivity contribution in [3.63, 3.8) is 0 Å². The molecular weight excluding hydrogens is 385 g/mol.